The first-order valence-electron chi connectivity index (χ1n) is 4.40. The number of hydrogen-bond donors (Lipinski definition) is 0. The van der Waals surface area contributed by atoms with Crippen LogP contribution in [0.2, 0.25) is 0 Å². The summed E-state index contributed by atoms with van der Waals surface area (Å²) < 4.78 is 6.57. The highest BCUT2D eigenvalue weighted by atomic mass is 15.4. The number of hydrogen-bond acceptors (Lipinski definition) is 1. The monoisotopic (exact) mass is 172 g/mol. The molecular formula is C9H8N4+2. The van der Waals surface area contributed by atoms with Gasteiger partial charge in [-0.3, -0.25) is 0 Å². The van der Waals surface area contributed by atoms with E-state index in [9.17, 15) is 0 Å². The fourth-order valence-electron chi connectivity index (χ4n) is 2.30. The third kappa shape index (κ3) is 0.509. The Morgan fingerprint density at radius 2 is 2.23 bits per heavy atom. The lowest BCUT2D eigenvalue weighted by atomic mass is 10.3. The van der Waals surface area contributed by atoms with Gasteiger partial charge in [0.1, 0.15) is 0 Å². The summed E-state index contributed by atoms with van der Waals surface area (Å²) in [4.78, 5) is 0. The molecule has 0 aromatic carbocycles. The van der Waals surface area contributed by atoms with Crippen LogP contribution < -0.4 is 9.13 Å². The maximum atomic E-state index is 4.34. The first-order valence-corrected chi connectivity index (χ1v) is 4.40. The molecule has 2 aromatic rings. The van der Waals surface area contributed by atoms with Gasteiger partial charge in [-0.1, -0.05) is 0 Å². The first kappa shape index (κ1) is 5.85. The zero-order valence-electron chi connectivity index (χ0n) is 7.01. The summed E-state index contributed by atoms with van der Waals surface area (Å²) in [7, 11) is 0. The standard InChI is InChI=1S/C9H8N4/c1-2-11-5-7-4-10-13-6-12(3-1)9(11)8(7)13/h1-4H,5-6H2/q+2. The molecule has 2 aliphatic rings. The van der Waals surface area contributed by atoms with Crippen LogP contribution in [0.3, 0.4) is 0 Å². The second-order valence-electron chi connectivity index (χ2n) is 3.57. The van der Waals surface area contributed by atoms with Crippen LogP contribution in [0.4, 0.5) is 0 Å². The van der Waals surface area contributed by atoms with E-state index in [-0.39, 0.29) is 0 Å². The van der Waals surface area contributed by atoms with Crippen molar-refractivity contribution in [3.8, 4) is 11.5 Å². The molecule has 0 spiro atoms. The Kier molecular flexibility index (Phi) is 0.737. The number of nitrogens with zero attached hydrogens (tertiary/aromatic N) is 4. The van der Waals surface area contributed by atoms with Crippen LogP contribution in [0, 0.1) is 0 Å². The molecule has 0 radical (unpaired) electrons. The van der Waals surface area contributed by atoms with Crippen molar-refractivity contribution in [1.29, 1.82) is 0 Å². The molecule has 2 aliphatic heterocycles. The van der Waals surface area contributed by atoms with Crippen LogP contribution >= 0.6 is 0 Å². The lowest BCUT2D eigenvalue weighted by Crippen LogP contribution is -2.45. The number of aromatic nitrogens is 4. The van der Waals surface area contributed by atoms with E-state index in [4.69, 9.17) is 0 Å². The van der Waals surface area contributed by atoms with Crippen molar-refractivity contribution in [3.05, 3.63) is 30.2 Å². The average molecular weight is 172 g/mol. The Balaban J connectivity index is 2.25. The minimum atomic E-state index is 0.867. The summed E-state index contributed by atoms with van der Waals surface area (Å²) in [6.45, 7) is 1.84. The van der Waals surface area contributed by atoms with Crippen LogP contribution in [0.25, 0.3) is 11.5 Å². The van der Waals surface area contributed by atoms with Gasteiger partial charge in [0.15, 0.2) is 18.9 Å². The smallest absolute Gasteiger partial charge is 0.191 e. The number of rotatable bonds is 0. The largest absolute Gasteiger partial charge is 0.472 e. The second-order valence-corrected chi connectivity index (χ2v) is 3.57. The maximum absolute atomic E-state index is 4.34. The van der Waals surface area contributed by atoms with Gasteiger partial charge in [-0.25, -0.2) is 0 Å². The highest BCUT2D eigenvalue weighted by Crippen LogP contribution is 2.25. The molecular weight excluding hydrogens is 164 g/mol. The molecule has 62 valence electrons. The SMILES string of the molecule is c1c[n+]2c3[n+](c1)Cn1ncc(c1-3)C2. The van der Waals surface area contributed by atoms with Crippen molar-refractivity contribution in [2.45, 2.75) is 13.2 Å². The third-order valence-electron chi connectivity index (χ3n) is 2.83. The van der Waals surface area contributed by atoms with Gasteiger partial charge in [0.2, 0.25) is 12.4 Å². The van der Waals surface area contributed by atoms with Gasteiger partial charge in [0, 0.05) is 0 Å². The molecule has 0 aliphatic carbocycles. The Hall–Kier alpha value is -1.71. The summed E-state index contributed by atoms with van der Waals surface area (Å²) in [5, 5.41) is 4.34. The highest BCUT2D eigenvalue weighted by molar-refractivity contribution is 5.52. The normalized spacial score (nSPS) is 15.1. The zero-order chi connectivity index (χ0) is 8.41. The van der Waals surface area contributed by atoms with Crippen molar-refractivity contribution in [2.24, 2.45) is 0 Å². The molecule has 4 heteroatoms. The Labute approximate surface area is 74.7 Å². The van der Waals surface area contributed by atoms with Gasteiger partial charge in [0.05, 0.1) is 17.8 Å². The quantitative estimate of drug-likeness (QED) is 0.322. The topological polar surface area (TPSA) is 25.6 Å². The van der Waals surface area contributed by atoms with E-state index < -0.39 is 0 Å². The van der Waals surface area contributed by atoms with E-state index in [0.29, 0.717) is 0 Å². The Morgan fingerprint density at radius 1 is 1.31 bits per heavy atom. The minimum Gasteiger partial charge on any atom is -0.191 e. The zero-order valence-corrected chi connectivity index (χ0v) is 7.01. The van der Waals surface area contributed by atoms with Crippen LogP contribution in [0.1, 0.15) is 5.56 Å². The van der Waals surface area contributed by atoms with Gasteiger partial charge < -0.3 is 0 Å². The molecule has 4 heterocycles. The maximum Gasteiger partial charge on any atom is 0.472 e. The van der Waals surface area contributed by atoms with Gasteiger partial charge >= 0.3 is 5.82 Å². The van der Waals surface area contributed by atoms with Crippen LogP contribution in [-0.4, -0.2) is 9.78 Å². The molecule has 0 saturated carbocycles. The van der Waals surface area contributed by atoms with E-state index in [1.165, 1.54) is 17.1 Å². The molecule has 2 aromatic heterocycles. The fraction of sp³-hybridized carbons (Fsp3) is 0.222. The Morgan fingerprint density at radius 3 is 3.23 bits per heavy atom. The van der Waals surface area contributed by atoms with E-state index >= 15 is 0 Å². The van der Waals surface area contributed by atoms with Crippen molar-refractivity contribution in [3.63, 3.8) is 0 Å². The van der Waals surface area contributed by atoms with E-state index in [1.54, 1.807) is 0 Å². The van der Waals surface area contributed by atoms with Crippen molar-refractivity contribution in [2.75, 3.05) is 0 Å². The fourth-order valence-corrected chi connectivity index (χ4v) is 2.30. The van der Waals surface area contributed by atoms with Crippen molar-refractivity contribution >= 4 is 0 Å². The lowest BCUT2D eigenvalue weighted by molar-refractivity contribution is -0.796. The summed E-state index contributed by atoms with van der Waals surface area (Å²) in [6, 6.07) is 2.08. The van der Waals surface area contributed by atoms with Crippen LogP contribution in [0.5, 0.6) is 0 Å². The molecule has 0 saturated heterocycles. The van der Waals surface area contributed by atoms with Gasteiger partial charge in [-0.15, -0.1) is 9.13 Å². The highest BCUT2D eigenvalue weighted by Gasteiger charge is 2.44. The molecule has 4 rings (SSSR count). The lowest BCUT2D eigenvalue weighted by Gasteiger charge is -1.88. The third-order valence-corrected chi connectivity index (χ3v) is 2.83. The molecule has 0 N–H and O–H groups in total. The second kappa shape index (κ2) is 1.64. The molecule has 13 heavy (non-hydrogen) atoms. The molecule has 0 unspecified atom stereocenters. The summed E-state index contributed by atoms with van der Waals surface area (Å²) in [5.74, 6) is 1.30. The predicted molar refractivity (Wildman–Crippen MR) is 42.6 cm³/mol. The summed E-state index contributed by atoms with van der Waals surface area (Å²) in [5.41, 5.74) is 2.65. The molecule has 4 nitrogen and oxygen atoms in total. The molecule has 0 atom stereocenters. The predicted octanol–water partition coefficient (Wildman–Crippen LogP) is -0.694. The van der Waals surface area contributed by atoms with E-state index in [1.807, 2.05) is 6.20 Å². The Bertz CT molecular complexity index is 485. The van der Waals surface area contributed by atoms with E-state index in [2.05, 4.69) is 37.4 Å². The van der Waals surface area contributed by atoms with Crippen LogP contribution in [-0.2, 0) is 13.2 Å². The van der Waals surface area contributed by atoms with Crippen molar-refractivity contribution < 1.29 is 9.13 Å². The summed E-state index contributed by atoms with van der Waals surface area (Å²) >= 11 is 0. The molecule has 0 bridgehead atoms. The molecule has 0 fully saturated rings. The minimum absolute atomic E-state index is 0.867. The van der Waals surface area contributed by atoms with Gasteiger partial charge in [0.25, 0.3) is 0 Å². The average Bonchev–Trinajstić information content (AvgIpc) is 2.72. The van der Waals surface area contributed by atoms with Crippen LogP contribution in [0.15, 0.2) is 24.7 Å². The van der Waals surface area contributed by atoms with E-state index in [0.717, 1.165) is 13.2 Å². The summed E-state index contributed by atoms with van der Waals surface area (Å²) in [6.07, 6.45) is 6.21. The van der Waals surface area contributed by atoms with Gasteiger partial charge in [-0.2, -0.15) is 9.78 Å². The van der Waals surface area contributed by atoms with Gasteiger partial charge in [-0.05, 0) is 0 Å². The first-order chi connectivity index (χ1) is 6.43. The van der Waals surface area contributed by atoms with Crippen molar-refractivity contribution in [1.82, 2.24) is 9.78 Å². The molecule has 0 amide bonds.